The van der Waals surface area contributed by atoms with Crippen molar-refractivity contribution in [2.45, 2.75) is 0 Å². The summed E-state index contributed by atoms with van der Waals surface area (Å²) in [6.45, 7) is 38.8. The Labute approximate surface area is 872 Å². The van der Waals surface area contributed by atoms with Gasteiger partial charge in [-0.3, -0.25) is 0 Å². The molecule has 12 nitrogen and oxygen atoms in total. The van der Waals surface area contributed by atoms with E-state index >= 15 is 0 Å². The molecule has 24 rings (SSSR count). The Bertz CT molecular complexity index is 9270. The molecule has 0 unspecified atom stereocenters. The van der Waals surface area contributed by atoms with Gasteiger partial charge in [0.05, 0.1) is 112 Å². The lowest BCUT2D eigenvalue weighted by atomic mass is 9.99. The van der Waals surface area contributed by atoms with Gasteiger partial charge in [-0.25, -0.2) is 24.2 Å². The van der Waals surface area contributed by atoms with Crippen LogP contribution in [0.25, 0.3) is 140 Å². The first-order chi connectivity index (χ1) is 73.9. The van der Waals surface area contributed by atoms with Gasteiger partial charge in [0.1, 0.15) is 0 Å². The first kappa shape index (κ1) is 94.0. The zero-order valence-corrected chi connectivity index (χ0v) is 83.9. The Morgan fingerprint density at radius 1 is 0.187 bits per heavy atom. The van der Waals surface area contributed by atoms with Crippen molar-refractivity contribution in [1.82, 2.24) is 13.7 Å². The molecule has 0 aliphatic carbocycles. The summed E-state index contributed by atoms with van der Waals surface area (Å²) >= 11 is 0. The van der Waals surface area contributed by atoms with Crippen molar-refractivity contribution in [2.75, 3.05) is 0 Å². The third kappa shape index (κ3) is 16.7. The molecule has 150 heavy (non-hydrogen) atoms. The molecule has 24 aromatic rings. The molecule has 0 aliphatic rings. The van der Waals surface area contributed by atoms with E-state index in [-0.39, 0.29) is 0 Å². The van der Waals surface area contributed by atoms with Gasteiger partial charge in [-0.2, -0.15) is 21.0 Å². The van der Waals surface area contributed by atoms with E-state index in [1.165, 1.54) is 62.2 Å². The Balaban J connectivity index is 0.000000127. The van der Waals surface area contributed by atoms with Gasteiger partial charge >= 0.3 is 0 Å². The zero-order chi connectivity index (χ0) is 102. The molecule has 3 aromatic heterocycles. The van der Waals surface area contributed by atoms with Crippen molar-refractivity contribution in [2.24, 2.45) is 0 Å². The third-order valence-electron chi connectivity index (χ3n) is 28.9. The highest BCUT2D eigenvalue weighted by Crippen LogP contribution is 2.42. The van der Waals surface area contributed by atoms with E-state index in [0.29, 0.717) is 50.7 Å². The maximum Gasteiger partial charge on any atom is 0.194 e. The van der Waals surface area contributed by atoms with Gasteiger partial charge in [0, 0.05) is 33.2 Å². The summed E-state index contributed by atoms with van der Waals surface area (Å²) in [5.41, 5.74) is 19.3. The lowest BCUT2D eigenvalue weighted by molar-refractivity contribution is 1.18. The van der Waals surface area contributed by atoms with Gasteiger partial charge < -0.3 is 13.7 Å². The van der Waals surface area contributed by atoms with Crippen molar-refractivity contribution in [3.8, 4) is 74.7 Å². The minimum absolute atomic E-state index is 0.536. The van der Waals surface area contributed by atoms with Gasteiger partial charge in [-0.05, 0) is 245 Å². The lowest BCUT2D eigenvalue weighted by Crippen LogP contribution is -2.75. The highest BCUT2D eigenvalue weighted by molar-refractivity contribution is 7.21. The van der Waals surface area contributed by atoms with Crippen LogP contribution >= 0.6 is 0 Å². The summed E-state index contributed by atoms with van der Waals surface area (Å²) in [5, 5.41) is 60.1. The standard InChI is InChI=1S/3C45H28N4Si/c1-47-34-21-26-44-42(30-34)41-28-32(31-46)18-25-43(41)49(44)36-23-19-33(20-24-36)40-29-35(48-2)22-27-45(40)50(37-12-6-3-7-13-37,38-14-8-4-9-15-38)39-16-10-5-11-17-39;1-47-34-21-27-45-42(29-34)41-28-32(31-46)18-26-44(41)49(45)35-22-19-33(20-23-35)40-30-39(24-25-43(40)48-2)50(36-12-6-3-7-13-36,37-14-8-4-9-15-37)38-16-10-5-11-17-38;1-48-35-20-26-45-43(29-35)42-27-32(30-46)17-25-44(42)49(45)36-21-24-41(34(28-36)31-47)33-18-22-40(23-19-33)50(37-11-5-2-6-12-37,38-13-7-3-8-14-38)39-15-9-4-10-16-39/h2*3-30H;2-29H. The first-order valence-electron chi connectivity index (χ1n) is 48.9. The van der Waals surface area contributed by atoms with Crippen molar-refractivity contribution < 1.29 is 0 Å². The number of benzene rings is 21. The van der Waals surface area contributed by atoms with Gasteiger partial charge in [0.2, 0.25) is 0 Å². The lowest BCUT2D eigenvalue weighted by Gasteiger charge is -2.36. The van der Waals surface area contributed by atoms with Crippen LogP contribution in [0.5, 0.6) is 0 Å². The van der Waals surface area contributed by atoms with E-state index in [4.69, 9.17) is 32.9 Å². The summed E-state index contributed by atoms with van der Waals surface area (Å²) in [6.07, 6.45) is 0. The second-order valence-electron chi connectivity index (χ2n) is 36.7. The molecule has 0 saturated carbocycles. The maximum absolute atomic E-state index is 10.5. The topological polar surface area (TPSA) is 132 Å². The molecule has 0 N–H and O–H groups in total. The molecular formula is C135H84N12Si3. The number of hydrogen-bond acceptors (Lipinski definition) is 4. The fourth-order valence-electron chi connectivity index (χ4n) is 22.2. The summed E-state index contributed by atoms with van der Waals surface area (Å²) in [6, 6.07) is 185. The fraction of sp³-hybridized carbons (Fsp3) is 0. The normalized spacial score (nSPS) is 11.1. The number of fused-ring (bicyclic) bond motifs is 9. The van der Waals surface area contributed by atoms with Gasteiger partial charge in [0.25, 0.3) is 0 Å². The minimum Gasteiger partial charge on any atom is -0.309 e. The number of nitriles is 4. The summed E-state index contributed by atoms with van der Waals surface area (Å²) in [7, 11) is -8.33. The van der Waals surface area contributed by atoms with Gasteiger partial charge in [0.15, 0.2) is 52.7 Å². The fourth-order valence-corrected chi connectivity index (χ4v) is 36.7. The molecule has 21 aromatic carbocycles. The maximum atomic E-state index is 10.5. The van der Waals surface area contributed by atoms with Crippen LogP contribution in [0.4, 0.5) is 28.4 Å². The van der Waals surface area contributed by atoms with Crippen molar-refractivity contribution in [1.29, 1.82) is 21.0 Å². The molecule has 0 amide bonds. The number of hydrogen-bond donors (Lipinski definition) is 0. The number of rotatable bonds is 18. The molecule has 0 fully saturated rings. The molecule has 15 heteroatoms. The van der Waals surface area contributed by atoms with Crippen LogP contribution in [-0.2, 0) is 0 Å². The molecule has 0 atom stereocenters. The average Bonchev–Trinajstić information content (AvgIpc) is 1.53. The van der Waals surface area contributed by atoms with E-state index in [1.807, 2.05) is 133 Å². The van der Waals surface area contributed by atoms with E-state index in [0.717, 1.165) is 116 Å². The molecule has 0 aliphatic heterocycles. The average molecular weight is 1960 g/mol. The smallest absolute Gasteiger partial charge is 0.194 e. The molecular weight excluding hydrogens is 1870 g/mol. The predicted molar refractivity (Wildman–Crippen MR) is 620 cm³/mol. The van der Waals surface area contributed by atoms with E-state index in [1.54, 1.807) is 12.1 Å². The molecule has 696 valence electrons. The Morgan fingerprint density at radius 3 is 0.767 bits per heavy atom. The highest BCUT2D eigenvalue weighted by atomic mass is 28.3. The number of aromatic nitrogens is 3. The van der Waals surface area contributed by atoms with E-state index in [2.05, 4.69) is 426 Å². The molecule has 0 bridgehead atoms. The SMILES string of the molecule is [C-]#[N+]c1ccc([Si](c2ccccc2)(c2ccccc2)c2ccccc2)c(-c2ccc(-n3c4ccc(C#N)cc4c4cc([N+]#[C-])ccc43)cc2)c1.[C-]#[N+]c1ccc2c(c1)c1cc(C#N)ccc1n2-c1ccc(-c2cc([Si](c3ccccc3)(c3ccccc3)c3ccccc3)ccc2[N+]#[C-])cc1.[C-]#[N+]c1ccc2c(c1)c1cc(C#N)ccc1n2-c1ccc(-c2ccc([Si](c3ccccc3)(c3ccccc3)c3ccccc3)cc2)c(C#N)c1. The quantitative estimate of drug-likeness (QED) is 0.0481. The molecule has 0 spiro atoms. The molecule has 0 radical (unpaired) electrons. The summed E-state index contributed by atoms with van der Waals surface area (Å²) < 4.78 is 6.47. The van der Waals surface area contributed by atoms with Crippen LogP contribution in [0.1, 0.15) is 22.3 Å². The van der Waals surface area contributed by atoms with Gasteiger partial charge in [-0.15, -0.1) is 0 Å². The highest BCUT2D eigenvalue weighted by Gasteiger charge is 2.46. The Morgan fingerprint density at radius 2 is 0.447 bits per heavy atom. The monoisotopic (exact) mass is 1960 g/mol. The largest absolute Gasteiger partial charge is 0.309 e. The Kier molecular flexibility index (Phi) is 25.6. The van der Waals surface area contributed by atoms with E-state index < -0.39 is 24.2 Å². The van der Waals surface area contributed by atoms with Crippen LogP contribution in [0.2, 0.25) is 0 Å². The van der Waals surface area contributed by atoms with Crippen molar-refractivity contribution in [3.05, 3.63) is 589 Å². The predicted octanol–water partition coefficient (Wildman–Crippen LogP) is 25.7. The van der Waals surface area contributed by atoms with Crippen molar-refractivity contribution in [3.63, 3.8) is 0 Å². The van der Waals surface area contributed by atoms with E-state index in [9.17, 15) is 21.0 Å². The molecule has 3 heterocycles. The van der Waals surface area contributed by atoms with Crippen LogP contribution in [-0.4, -0.2) is 37.9 Å². The van der Waals surface area contributed by atoms with Crippen LogP contribution in [0, 0.1) is 78.2 Å². The minimum atomic E-state index is -2.88. The third-order valence-corrected chi connectivity index (χ3v) is 43.3. The summed E-state index contributed by atoms with van der Waals surface area (Å²) in [4.78, 5) is 18.8. The second-order valence-corrected chi connectivity index (χ2v) is 48.1. The van der Waals surface area contributed by atoms with Crippen LogP contribution < -0.4 is 62.2 Å². The number of nitrogens with zero attached hydrogens (tertiary/aromatic N) is 12. The van der Waals surface area contributed by atoms with Crippen molar-refractivity contribution >= 4 is 180 Å². The summed E-state index contributed by atoms with van der Waals surface area (Å²) in [5.74, 6) is 0. The Hall–Kier alpha value is -20.9. The van der Waals surface area contributed by atoms with Gasteiger partial charge in [-0.1, -0.05) is 376 Å². The zero-order valence-electron chi connectivity index (χ0n) is 80.9. The first-order valence-corrected chi connectivity index (χ1v) is 54.9. The van der Waals surface area contributed by atoms with Crippen LogP contribution in [0.3, 0.4) is 0 Å². The second kappa shape index (κ2) is 40.8. The molecule has 0 saturated heterocycles. The van der Waals surface area contributed by atoms with Crippen LogP contribution in [0.15, 0.2) is 510 Å².